The SMILES string of the molecule is COc1ccc2cc(C(=O)Nc3cccc(NC(C)=O)c3)c(=O)oc2c1. The zero-order valence-electron chi connectivity index (χ0n) is 14.2. The first-order chi connectivity index (χ1) is 12.5. The van der Waals surface area contributed by atoms with Crippen LogP contribution in [-0.4, -0.2) is 18.9 Å². The van der Waals surface area contributed by atoms with Crippen molar-refractivity contribution in [3.8, 4) is 5.75 Å². The van der Waals surface area contributed by atoms with Gasteiger partial charge in [0.05, 0.1) is 7.11 Å². The third-order valence-electron chi connectivity index (χ3n) is 3.63. The van der Waals surface area contributed by atoms with Gasteiger partial charge < -0.3 is 19.8 Å². The van der Waals surface area contributed by atoms with Gasteiger partial charge >= 0.3 is 5.63 Å². The molecule has 0 spiro atoms. The Hall–Kier alpha value is -3.61. The van der Waals surface area contributed by atoms with Crippen molar-refractivity contribution >= 4 is 34.2 Å². The zero-order valence-corrected chi connectivity index (χ0v) is 14.2. The second-order valence-electron chi connectivity index (χ2n) is 5.57. The predicted octanol–water partition coefficient (Wildman–Crippen LogP) is 3.01. The quantitative estimate of drug-likeness (QED) is 0.704. The largest absolute Gasteiger partial charge is 0.497 e. The van der Waals surface area contributed by atoms with E-state index in [2.05, 4.69) is 10.6 Å². The minimum atomic E-state index is -0.749. The van der Waals surface area contributed by atoms with E-state index in [9.17, 15) is 14.4 Å². The van der Waals surface area contributed by atoms with E-state index < -0.39 is 11.5 Å². The third-order valence-corrected chi connectivity index (χ3v) is 3.63. The van der Waals surface area contributed by atoms with Crippen LogP contribution < -0.4 is 21.0 Å². The highest BCUT2D eigenvalue weighted by Gasteiger charge is 2.14. The number of benzene rings is 2. The van der Waals surface area contributed by atoms with Crippen molar-refractivity contribution in [1.29, 1.82) is 0 Å². The van der Waals surface area contributed by atoms with Crippen LogP contribution in [-0.2, 0) is 4.79 Å². The lowest BCUT2D eigenvalue weighted by atomic mass is 10.1. The van der Waals surface area contributed by atoms with Crippen molar-refractivity contribution in [1.82, 2.24) is 0 Å². The Morgan fingerprint density at radius 1 is 1.00 bits per heavy atom. The van der Waals surface area contributed by atoms with Gasteiger partial charge in [0.1, 0.15) is 16.9 Å². The number of hydrogen-bond acceptors (Lipinski definition) is 5. The van der Waals surface area contributed by atoms with Crippen molar-refractivity contribution in [2.24, 2.45) is 0 Å². The summed E-state index contributed by atoms with van der Waals surface area (Å²) < 4.78 is 10.3. The predicted molar refractivity (Wildman–Crippen MR) is 97.7 cm³/mol. The van der Waals surface area contributed by atoms with E-state index in [4.69, 9.17) is 9.15 Å². The fraction of sp³-hybridized carbons (Fsp3) is 0.105. The van der Waals surface area contributed by atoms with Gasteiger partial charge in [-0.3, -0.25) is 9.59 Å². The molecule has 3 rings (SSSR count). The number of rotatable bonds is 4. The molecule has 0 atom stereocenters. The van der Waals surface area contributed by atoms with Gasteiger partial charge in [0.2, 0.25) is 5.91 Å². The smallest absolute Gasteiger partial charge is 0.349 e. The molecule has 1 heterocycles. The molecule has 1 aromatic heterocycles. The minimum Gasteiger partial charge on any atom is -0.497 e. The average Bonchev–Trinajstić information content (AvgIpc) is 2.60. The number of hydrogen-bond donors (Lipinski definition) is 2. The Bertz CT molecular complexity index is 1060. The maximum absolute atomic E-state index is 12.5. The van der Waals surface area contributed by atoms with Crippen molar-refractivity contribution in [3.05, 3.63) is 64.5 Å². The molecule has 0 unspecified atom stereocenters. The summed E-state index contributed by atoms with van der Waals surface area (Å²) in [7, 11) is 1.51. The molecular formula is C19H16N2O5. The molecule has 0 saturated heterocycles. The van der Waals surface area contributed by atoms with Gasteiger partial charge in [-0.1, -0.05) is 6.07 Å². The Balaban J connectivity index is 1.89. The molecule has 0 aliphatic carbocycles. The fourth-order valence-electron chi connectivity index (χ4n) is 2.45. The summed E-state index contributed by atoms with van der Waals surface area (Å²) in [6, 6.07) is 13.1. The van der Waals surface area contributed by atoms with E-state index in [-0.39, 0.29) is 11.5 Å². The van der Waals surface area contributed by atoms with E-state index >= 15 is 0 Å². The van der Waals surface area contributed by atoms with Crippen molar-refractivity contribution in [2.75, 3.05) is 17.7 Å². The van der Waals surface area contributed by atoms with Crippen LogP contribution in [0.1, 0.15) is 17.3 Å². The van der Waals surface area contributed by atoms with Crippen LogP contribution in [0.15, 0.2) is 57.7 Å². The highest BCUT2D eigenvalue weighted by Crippen LogP contribution is 2.21. The molecule has 0 aliphatic heterocycles. The van der Waals surface area contributed by atoms with Crippen LogP contribution in [0.5, 0.6) is 5.75 Å². The molecule has 7 nitrogen and oxygen atoms in total. The molecule has 2 amide bonds. The summed E-state index contributed by atoms with van der Waals surface area (Å²) in [4.78, 5) is 35.7. The number of methoxy groups -OCH3 is 1. The molecule has 2 aromatic carbocycles. The van der Waals surface area contributed by atoms with Gasteiger partial charge in [0, 0.05) is 29.8 Å². The zero-order chi connectivity index (χ0) is 18.7. The normalized spacial score (nSPS) is 10.4. The van der Waals surface area contributed by atoms with Crippen molar-refractivity contribution in [2.45, 2.75) is 6.92 Å². The average molecular weight is 352 g/mol. The maximum atomic E-state index is 12.5. The lowest BCUT2D eigenvalue weighted by molar-refractivity contribution is -0.114. The Kier molecular flexibility index (Phi) is 4.70. The lowest BCUT2D eigenvalue weighted by Gasteiger charge is -2.08. The number of anilines is 2. The monoisotopic (exact) mass is 352 g/mol. The van der Waals surface area contributed by atoms with Crippen LogP contribution in [0.4, 0.5) is 11.4 Å². The highest BCUT2D eigenvalue weighted by molar-refractivity contribution is 6.05. The molecule has 132 valence electrons. The summed E-state index contributed by atoms with van der Waals surface area (Å²) in [6.07, 6.45) is 0. The van der Waals surface area contributed by atoms with Crippen molar-refractivity contribution < 1.29 is 18.7 Å². The van der Waals surface area contributed by atoms with Crippen molar-refractivity contribution in [3.63, 3.8) is 0 Å². The summed E-state index contributed by atoms with van der Waals surface area (Å²) in [5, 5.41) is 5.85. The Morgan fingerprint density at radius 3 is 2.42 bits per heavy atom. The van der Waals surface area contributed by atoms with Crippen LogP contribution >= 0.6 is 0 Å². The molecule has 7 heteroatoms. The van der Waals surface area contributed by atoms with Crippen LogP contribution in [0, 0.1) is 0 Å². The minimum absolute atomic E-state index is 0.118. The van der Waals surface area contributed by atoms with E-state index in [1.54, 1.807) is 42.5 Å². The lowest BCUT2D eigenvalue weighted by Crippen LogP contribution is -2.20. The summed E-state index contributed by atoms with van der Waals surface area (Å²) in [5.41, 5.74) is 0.441. The topological polar surface area (TPSA) is 97.6 Å². The molecular weight excluding hydrogens is 336 g/mol. The number of ether oxygens (including phenoxy) is 1. The van der Waals surface area contributed by atoms with Gasteiger partial charge in [-0.25, -0.2) is 4.79 Å². The first-order valence-corrected chi connectivity index (χ1v) is 7.77. The molecule has 3 aromatic rings. The molecule has 0 saturated carbocycles. The molecule has 26 heavy (non-hydrogen) atoms. The first-order valence-electron chi connectivity index (χ1n) is 7.77. The molecule has 0 radical (unpaired) electrons. The van der Waals surface area contributed by atoms with E-state index in [1.165, 1.54) is 20.1 Å². The number of nitrogens with one attached hydrogen (secondary N) is 2. The van der Waals surface area contributed by atoms with Gasteiger partial charge in [-0.2, -0.15) is 0 Å². The van der Waals surface area contributed by atoms with Gasteiger partial charge in [-0.15, -0.1) is 0 Å². The standard InChI is InChI=1S/C19H16N2O5/c1-11(22)20-13-4-3-5-14(9-13)21-18(23)16-8-12-6-7-15(25-2)10-17(12)26-19(16)24/h3-10H,1-2H3,(H,20,22)(H,21,23). The van der Waals surface area contributed by atoms with E-state index in [1.807, 2.05) is 0 Å². The molecule has 2 N–H and O–H groups in total. The fourth-order valence-corrected chi connectivity index (χ4v) is 2.45. The third kappa shape index (κ3) is 3.72. The number of fused-ring (bicyclic) bond motifs is 1. The molecule has 0 bridgehead atoms. The molecule has 0 fully saturated rings. The number of carbonyl (C=O) groups is 2. The second kappa shape index (κ2) is 7.10. The summed E-state index contributed by atoms with van der Waals surface area (Å²) in [5.74, 6) is -0.275. The van der Waals surface area contributed by atoms with Crippen LogP contribution in [0.3, 0.4) is 0 Å². The Labute approximate surface area is 148 Å². The van der Waals surface area contributed by atoms with Crippen LogP contribution in [0.2, 0.25) is 0 Å². The molecule has 0 aliphatic rings. The Morgan fingerprint density at radius 2 is 1.73 bits per heavy atom. The first kappa shape index (κ1) is 17.2. The van der Waals surface area contributed by atoms with Gasteiger partial charge in [-0.05, 0) is 36.4 Å². The van der Waals surface area contributed by atoms with Gasteiger partial charge in [0.15, 0.2) is 0 Å². The second-order valence-corrected chi connectivity index (χ2v) is 5.57. The number of amides is 2. The maximum Gasteiger partial charge on any atom is 0.349 e. The number of carbonyl (C=O) groups excluding carboxylic acids is 2. The highest BCUT2D eigenvalue weighted by atomic mass is 16.5. The summed E-state index contributed by atoms with van der Waals surface area (Å²) >= 11 is 0. The summed E-state index contributed by atoms with van der Waals surface area (Å²) in [6.45, 7) is 1.39. The van der Waals surface area contributed by atoms with E-state index in [0.29, 0.717) is 28.1 Å². The van der Waals surface area contributed by atoms with Gasteiger partial charge in [0.25, 0.3) is 5.91 Å². The van der Waals surface area contributed by atoms with Crippen LogP contribution in [0.25, 0.3) is 11.0 Å². The van der Waals surface area contributed by atoms with E-state index in [0.717, 1.165) is 0 Å².